The number of benzene rings is 2. The minimum absolute atomic E-state index is 0.0456. The van der Waals surface area contributed by atoms with Gasteiger partial charge in [0.15, 0.2) is 11.5 Å². The molecule has 1 aliphatic carbocycles. The highest BCUT2D eigenvalue weighted by Crippen LogP contribution is 2.40. The number of rotatable bonds is 5. The SMILES string of the molecule is O=C(O[C@@H](C(=O)NC1CC1)c1ccccc1)c1cc(Cl)c2c(c1)OCO2. The molecule has 7 heteroatoms. The Labute approximate surface area is 155 Å². The van der Waals surface area contributed by atoms with Crippen LogP contribution in [0.3, 0.4) is 0 Å². The number of hydrogen-bond donors (Lipinski definition) is 1. The zero-order valence-electron chi connectivity index (χ0n) is 13.7. The van der Waals surface area contributed by atoms with Crippen LogP contribution in [-0.4, -0.2) is 24.7 Å². The van der Waals surface area contributed by atoms with Gasteiger partial charge in [0.1, 0.15) is 0 Å². The number of esters is 1. The number of carbonyl (C=O) groups excluding carboxylic acids is 2. The summed E-state index contributed by atoms with van der Waals surface area (Å²) in [5.41, 5.74) is 0.797. The predicted octanol–water partition coefficient (Wildman–Crippen LogP) is 3.25. The summed E-state index contributed by atoms with van der Waals surface area (Å²) in [6.07, 6.45) is 0.853. The third-order valence-corrected chi connectivity index (χ3v) is 4.43. The van der Waals surface area contributed by atoms with Gasteiger partial charge in [0.2, 0.25) is 12.9 Å². The number of halogens is 1. The van der Waals surface area contributed by atoms with E-state index in [1.54, 1.807) is 24.3 Å². The van der Waals surface area contributed by atoms with Crippen LogP contribution in [0.4, 0.5) is 0 Å². The summed E-state index contributed by atoms with van der Waals surface area (Å²) < 4.78 is 16.0. The Hall–Kier alpha value is -2.73. The van der Waals surface area contributed by atoms with Gasteiger partial charge in [-0.05, 0) is 25.0 Å². The second-order valence-electron chi connectivity index (χ2n) is 6.17. The molecule has 0 spiro atoms. The predicted molar refractivity (Wildman–Crippen MR) is 93.3 cm³/mol. The monoisotopic (exact) mass is 373 g/mol. The average molecular weight is 374 g/mol. The van der Waals surface area contributed by atoms with Crippen LogP contribution in [0.25, 0.3) is 0 Å². The van der Waals surface area contributed by atoms with Gasteiger partial charge in [-0.25, -0.2) is 4.79 Å². The molecule has 1 N–H and O–H groups in total. The molecule has 4 rings (SSSR count). The van der Waals surface area contributed by atoms with E-state index in [1.807, 2.05) is 6.07 Å². The van der Waals surface area contributed by atoms with E-state index >= 15 is 0 Å². The Bertz CT molecular complexity index is 851. The second-order valence-corrected chi connectivity index (χ2v) is 6.58. The molecule has 2 aromatic rings. The molecule has 2 aliphatic rings. The average Bonchev–Trinajstić information content (AvgIpc) is 3.32. The van der Waals surface area contributed by atoms with Gasteiger partial charge in [-0.15, -0.1) is 0 Å². The van der Waals surface area contributed by atoms with E-state index in [9.17, 15) is 9.59 Å². The summed E-state index contributed by atoms with van der Waals surface area (Å²) >= 11 is 6.12. The molecule has 1 heterocycles. The zero-order valence-corrected chi connectivity index (χ0v) is 14.5. The third-order valence-electron chi connectivity index (χ3n) is 4.15. The number of fused-ring (bicyclic) bond motifs is 1. The molecule has 0 saturated heterocycles. The van der Waals surface area contributed by atoms with Gasteiger partial charge in [-0.2, -0.15) is 0 Å². The smallest absolute Gasteiger partial charge is 0.339 e. The number of carbonyl (C=O) groups is 2. The van der Waals surface area contributed by atoms with Crippen LogP contribution in [0.2, 0.25) is 5.02 Å². The molecule has 1 aliphatic heterocycles. The first-order chi connectivity index (χ1) is 12.6. The van der Waals surface area contributed by atoms with E-state index in [2.05, 4.69) is 5.32 Å². The Morgan fingerprint density at radius 1 is 1.15 bits per heavy atom. The van der Waals surface area contributed by atoms with Gasteiger partial charge in [0.05, 0.1) is 10.6 Å². The van der Waals surface area contributed by atoms with E-state index < -0.39 is 12.1 Å². The normalized spacial score (nSPS) is 16.0. The summed E-state index contributed by atoms with van der Waals surface area (Å²) in [6.45, 7) is 0.0456. The molecular formula is C19H16ClNO5. The molecule has 26 heavy (non-hydrogen) atoms. The Morgan fingerprint density at radius 2 is 1.92 bits per heavy atom. The van der Waals surface area contributed by atoms with E-state index in [-0.39, 0.29) is 29.3 Å². The van der Waals surface area contributed by atoms with Crippen molar-refractivity contribution in [3.63, 3.8) is 0 Å². The molecule has 0 aromatic heterocycles. The first kappa shape index (κ1) is 16.7. The van der Waals surface area contributed by atoms with Gasteiger partial charge < -0.3 is 19.5 Å². The van der Waals surface area contributed by atoms with Gasteiger partial charge in [-0.3, -0.25) is 4.79 Å². The first-order valence-corrected chi connectivity index (χ1v) is 8.65. The van der Waals surface area contributed by atoms with Crippen LogP contribution in [-0.2, 0) is 9.53 Å². The van der Waals surface area contributed by atoms with Gasteiger partial charge in [0.25, 0.3) is 5.91 Å². The highest BCUT2D eigenvalue weighted by Gasteiger charge is 2.31. The Kier molecular flexibility index (Phi) is 4.42. The maximum absolute atomic E-state index is 12.6. The number of amides is 1. The van der Waals surface area contributed by atoms with Crippen molar-refractivity contribution in [1.29, 1.82) is 0 Å². The van der Waals surface area contributed by atoms with Crippen molar-refractivity contribution >= 4 is 23.5 Å². The third kappa shape index (κ3) is 3.46. The fourth-order valence-corrected chi connectivity index (χ4v) is 2.93. The van der Waals surface area contributed by atoms with Crippen molar-refractivity contribution < 1.29 is 23.8 Å². The molecule has 0 unspecified atom stereocenters. The van der Waals surface area contributed by atoms with Crippen molar-refractivity contribution in [3.05, 3.63) is 58.6 Å². The maximum Gasteiger partial charge on any atom is 0.339 e. The lowest BCUT2D eigenvalue weighted by molar-refractivity contribution is -0.130. The minimum Gasteiger partial charge on any atom is -0.454 e. The lowest BCUT2D eigenvalue weighted by Gasteiger charge is -2.18. The topological polar surface area (TPSA) is 73.9 Å². The highest BCUT2D eigenvalue weighted by atomic mass is 35.5. The zero-order chi connectivity index (χ0) is 18.1. The summed E-state index contributed by atoms with van der Waals surface area (Å²) in [7, 11) is 0. The van der Waals surface area contributed by atoms with Crippen LogP contribution in [0.5, 0.6) is 11.5 Å². The van der Waals surface area contributed by atoms with Crippen LogP contribution in [0.15, 0.2) is 42.5 Å². The van der Waals surface area contributed by atoms with Gasteiger partial charge >= 0.3 is 5.97 Å². The molecular weight excluding hydrogens is 358 g/mol. The summed E-state index contributed by atoms with van der Waals surface area (Å²) in [5.74, 6) is -0.221. The van der Waals surface area contributed by atoms with Crippen molar-refractivity contribution in [1.82, 2.24) is 5.32 Å². The molecule has 134 valence electrons. The van der Waals surface area contributed by atoms with E-state index in [0.717, 1.165) is 12.8 Å². The van der Waals surface area contributed by atoms with Crippen LogP contribution < -0.4 is 14.8 Å². The number of nitrogens with one attached hydrogen (secondary N) is 1. The van der Waals surface area contributed by atoms with E-state index in [4.69, 9.17) is 25.8 Å². The number of ether oxygens (including phenoxy) is 3. The molecule has 0 radical (unpaired) electrons. The van der Waals surface area contributed by atoms with E-state index in [1.165, 1.54) is 12.1 Å². The van der Waals surface area contributed by atoms with Crippen LogP contribution >= 0.6 is 11.6 Å². The first-order valence-electron chi connectivity index (χ1n) is 8.27. The summed E-state index contributed by atoms with van der Waals surface area (Å²) in [5, 5.41) is 3.13. The van der Waals surface area contributed by atoms with Gasteiger partial charge in [0, 0.05) is 11.6 Å². The lowest BCUT2D eigenvalue weighted by atomic mass is 10.1. The summed E-state index contributed by atoms with van der Waals surface area (Å²) in [4.78, 5) is 25.2. The highest BCUT2D eigenvalue weighted by molar-refractivity contribution is 6.32. The molecule has 0 bridgehead atoms. The Morgan fingerprint density at radius 3 is 2.65 bits per heavy atom. The second kappa shape index (κ2) is 6.88. The number of hydrogen-bond acceptors (Lipinski definition) is 5. The molecule has 1 fully saturated rings. The summed E-state index contributed by atoms with van der Waals surface area (Å²) in [6, 6.07) is 12.0. The maximum atomic E-state index is 12.6. The van der Waals surface area contributed by atoms with Gasteiger partial charge in [-0.1, -0.05) is 41.9 Å². The molecule has 1 saturated carbocycles. The standard InChI is InChI=1S/C19H16ClNO5/c20-14-8-12(9-15-17(14)25-10-24-15)19(23)26-16(11-4-2-1-3-5-11)18(22)21-13-6-7-13/h1-5,8-9,13,16H,6-7,10H2,(H,21,22)/t16-/m1/s1. The minimum atomic E-state index is -1.03. The van der Waals surface area contributed by atoms with Crippen LogP contribution in [0.1, 0.15) is 34.9 Å². The quantitative estimate of drug-likeness (QED) is 0.814. The largest absolute Gasteiger partial charge is 0.454 e. The molecule has 2 aromatic carbocycles. The lowest BCUT2D eigenvalue weighted by Crippen LogP contribution is -2.33. The molecule has 1 amide bonds. The Balaban J connectivity index is 1.58. The fourth-order valence-electron chi connectivity index (χ4n) is 2.67. The van der Waals surface area contributed by atoms with Crippen molar-refractivity contribution in [2.45, 2.75) is 25.0 Å². The van der Waals surface area contributed by atoms with Crippen molar-refractivity contribution in [2.24, 2.45) is 0 Å². The van der Waals surface area contributed by atoms with Crippen LogP contribution in [0, 0.1) is 0 Å². The van der Waals surface area contributed by atoms with Crippen molar-refractivity contribution in [3.8, 4) is 11.5 Å². The van der Waals surface area contributed by atoms with E-state index in [0.29, 0.717) is 17.1 Å². The molecule has 6 nitrogen and oxygen atoms in total. The fraction of sp³-hybridized carbons (Fsp3) is 0.263. The molecule has 1 atom stereocenters. The van der Waals surface area contributed by atoms with Crippen molar-refractivity contribution in [2.75, 3.05) is 6.79 Å².